The number of ether oxygens (including phenoxy) is 2. The number of benzene rings is 1. The molecule has 0 aliphatic rings. The summed E-state index contributed by atoms with van der Waals surface area (Å²) in [7, 11) is 3.44. The summed E-state index contributed by atoms with van der Waals surface area (Å²) in [5, 5.41) is 0. The van der Waals surface area contributed by atoms with Crippen LogP contribution in [0.25, 0.3) is 0 Å². The number of alkyl halides is 1. The maximum atomic E-state index is 11.6. The number of carbonyl (C=O) groups excluding carboxylic acids is 1. The van der Waals surface area contributed by atoms with Crippen molar-refractivity contribution in [3.8, 4) is 11.5 Å². The van der Waals surface area contributed by atoms with Crippen molar-refractivity contribution in [1.82, 2.24) is 4.90 Å². The molecule has 5 heteroatoms. The normalized spacial score (nSPS) is 10.2. The monoisotopic (exact) mass is 299 g/mol. The Morgan fingerprint density at radius 1 is 1.20 bits per heavy atom. The standard InChI is InChI=1S/C15H22ClNO3/c1-17(15(18)5-3-10-16)11-4-12-20-14-8-6-13(19-2)7-9-14/h6-9H,3-5,10-12H2,1-2H3. The Kier molecular flexibility index (Phi) is 7.88. The highest BCUT2D eigenvalue weighted by Gasteiger charge is 2.07. The summed E-state index contributed by atoms with van der Waals surface area (Å²) in [6.45, 7) is 1.27. The number of hydrogen-bond donors (Lipinski definition) is 0. The van der Waals surface area contributed by atoms with E-state index in [1.807, 2.05) is 31.3 Å². The predicted octanol–water partition coefficient (Wildman–Crippen LogP) is 2.94. The van der Waals surface area contributed by atoms with E-state index in [0.29, 0.717) is 25.5 Å². The lowest BCUT2D eigenvalue weighted by Crippen LogP contribution is -2.28. The predicted molar refractivity (Wildman–Crippen MR) is 80.7 cm³/mol. The molecule has 0 radical (unpaired) electrons. The Hall–Kier alpha value is -1.42. The van der Waals surface area contributed by atoms with Crippen LogP contribution >= 0.6 is 11.6 Å². The molecule has 1 aromatic rings. The van der Waals surface area contributed by atoms with E-state index < -0.39 is 0 Å². The minimum absolute atomic E-state index is 0.134. The number of nitrogens with zero attached hydrogens (tertiary/aromatic N) is 1. The lowest BCUT2D eigenvalue weighted by Gasteiger charge is -2.17. The molecule has 4 nitrogen and oxygen atoms in total. The van der Waals surface area contributed by atoms with Gasteiger partial charge < -0.3 is 14.4 Å². The van der Waals surface area contributed by atoms with Gasteiger partial charge in [-0.05, 0) is 37.1 Å². The largest absolute Gasteiger partial charge is 0.497 e. The van der Waals surface area contributed by atoms with Crippen molar-refractivity contribution in [2.75, 3.05) is 33.2 Å². The van der Waals surface area contributed by atoms with E-state index in [1.165, 1.54) is 0 Å². The van der Waals surface area contributed by atoms with Gasteiger partial charge in [0, 0.05) is 25.9 Å². The number of rotatable bonds is 9. The van der Waals surface area contributed by atoms with Crippen molar-refractivity contribution in [3.05, 3.63) is 24.3 Å². The molecule has 0 fully saturated rings. The molecule has 0 aliphatic heterocycles. The number of amides is 1. The lowest BCUT2D eigenvalue weighted by atomic mass is 10.3. The molecule has 0 aliphatic carbocycles. The zero-order chi connectivity index (χ0) is 14.8. The second-order valence-corrected chi connectivity index (χ2v) is 4.86. The highest BCUT2D eigenvalue weighted by molar-refractivity contribution is 6.17. The highest BCUT2D eigenvalue weighted by atomic mass is 35.5. The summed E-state index contributed by atoms with van der Waals surface area (Å²) in [4.78, 5) is 13.4. The summed E-state index contributed by atoms with van der Waals surface area (Å²) >= 11 is 5.57. The maximum absolute atomic E-state index is 11.6. The van der Waals surface area contributed by atoms with E-state index in [4.69, 9.17) is 21.1 Å². The van der Waals surface area contributed by atoms with Crippen molar-refractivity contribution in [3.63, 3.8) is 0 Å². The third kappa shape index (κ3) is 6.15. The topological polar surface area (TPSA) is 38.8 Å². The number of halogens is 1. The first kappa shape index (κ1) is 16.6. The fourth-order valence-corrected chi connectivity index (χ4v) is 1.83. The van der Waals surface area contributed by atoms with E-state index in [-0.39, 0.29) is 5.91 Å². The van der Waals surface area contributed by atoms with E-state index in [9.17, 15) is 4.79 Å². The smallest absolute Gasteiger partial charge is 0.222 e. The van der Waals surface area contributed by atoms with Gasteiger partial charge in [-0.2, -0.15) is 0 Å². The minimum Gasteiger partial charge on any atom is -0.497 e. The molecule has 0 saturated heterocycles. The fraction of sp³-hybridized carbons (Fsp3) is 0.533. The number of hydrogen-bond acceptors (Lipinski definition) is 3. The molecule has 0 aromatic heterocycles. The first-order valence-electron chi connectivity index (χ1n) is 6.74. The third-order valence-electron chi connectivity index (χ3n) is 2.92. The van der Waals surface area contributed by atoms with E-state index in [2.05, 4.69) is 0 Å². The molecular formula is C15H22ClNO3. The van der Waals surface area contributed by atoms with Gasteiger partial charge in [0.05, 0.1) is 13.7 Å². The van der Waals surface area contributed by atoms with Crippen molar-refractivity contribution in [1.29, 1.82) is 0 Å². The average molecular weight is 300 g/mol. The van der Waals surface area contributed by atoms with Crippen LogP contribution in [0.4, 0.5) is 0 Å². The zero-order valence-corrected chi connectivity index (χ0v) is 12.9. The molecule has 0 bridgehead atoms. The summed E-state index contributed by atoms with van der Waals surface area (Å²) in [6.07, 6.45) is 2.04. The van der Waals surface area contributed by atoms with Gasteiger partial charge in [0.1, 0.15) is 11.5 Å². The average Bonchev–Trinajstić information content (AvgIpc) is 2.49. The second kappa shape index (κ2) is 9.48. The molecule has 1 aromatic carbocycles. The van der Waals surface area contributed by atoms with Crippen LogP contribution in [0.5, 0.6) is 11.5 Å². The van der Waals surface area contributed by atoms with Crippen LogP contribution in [0, 0.1) is 0 Å². The van der Waals surface area contributed by atoms with Crippen molar-refractivity contribution in [2.24, 2.45) is 0 Å². The zero-order valence-electron chi connectivity index (χ0n) is 12.1. The molecule has 0 spiro atoms. The van der Waals surface area contributed by atoms with Crippen LogP contribution in [0.15, 0.2) is 24.3 Å². The summed E-state index contributed by atoms with van der Waals surface area (Å²) in [5.41, 5.74) is 0. The van der Waals surface area contributed by atoms with Crippen molar-refractivity contribution < 1.29 is 14.3 Å². The molecule has 0 atom stereocenters. The maximum Gasteiger partial charge on any atom is 0.222 e. The summed E-state index contributed by atoms with van der Waals surface area (Å²) in [6, 6.07) is 7.45. The summed E-state index contributed by atoms with van der Waals surface area (Å²) in [5.74, 6) is 2.28. The quantitative estimate of drug-likeness (QED) is 0.520. The molecule has 0 saturated carbocycles. The van der Waals surface area contributed by atoms with Crippen LogP contribution in [0.3, 0.4) is 0 Å². The van der Waals surface area contributed by atoms with Crippen LogP contribution in [0.2, 0.25) is 0 Å². The van der Waals surface area contributed by atoms with Gasteiger partial charge in [-0.3, -0.25) is 4.79 Å². The van der Waals surface area contributed by atoms with Gasteiger partial charge in [-0.25, -0.2) is 0 Å². The Labute approximate surface area is 125 Å². The van der Waals surface area contributed by atoms with Crippen molar-refractivity contribution >= 4 is 17.5 Å². The Morgan fingerprint density at radius 2 is 1.85 bits per heavy atom. The Morgan fingerprint density at radius 3 is 2.45 bits per heavy atom. The molecular weight excluding hydrogens is 278 g/mol. The number of methoxy groups -OCH3 is 1. The van der Waals surface area contributed by atoms with Gasteiger partial charge in [-0.1, -0.05) is 0 Å². The van der Waals surface area contributed by atoms with Crippen molar-refractivity contribution in [2.45, 2.75) is 19.3 Å². The fourth-order valence-electron chi connectivity index (χ4n) is 1.70. The third-order valence-corrected chi connectivity index (χ3v) is 3.18. The lowest BCUT2D eigenvalue weighted by molar-refractivity contribution is -0.130. The second-order valence-electron chi connectivity index (χ2n) is 4.49. The van der Waals surface area contributed by atoms with Gasteiger partial charge in [0.15, 0.2) is 0 Å². The van der Waals surface area contributed by atoms with Crippen LogP contribution in [-0.4, -0.2) is 44.0 Å². The molecule has 0 N–H and O–H groups in total. The molecule has 0 unspecified atom stereocenters. The minimum atomic E-state index is 0.134. The summed E-state index contributed by atoms with van der Waals surface area (Å²) < 4.78 is 10.7. The van der Waals surface area contributed by atoms with Crippen LogP contribution in [0.1, 0.15) is 19.3 Å². The van der Waals surface area contributed by atoms with Gasteiger partial charge in [-0.15, -0.1) is 11.6 Å². The molecule has 1 amide bonds. The van der Waals surface area contributed by atoms with E-state index >= 15 is 0 Å². The molecule has 20 heavy (non-hydrogen) atoms. The number of carbonyl (C=O) groups is 1. The van der Waals surface area contributed by atoms with Gasteiger partial charge >= 0.3 is 0 Å². The molecule has 112 valence electrons. The SMILES string of the molecule is COc1ccc(OCCCN(C)C(=O)CCCCl)cc1. The van der Waals surface area contributed by atoms with Crippen LogP contribution < -0.4 is 9.47 Å². The first-order valence-corrected chi connectivity index (χ1v) is 7.27. The Balaban J connectivity index is 2.18. The molecule has 1 rings (SSSR count). The molecule has 0 heterocycles. The van der Waals surface area contributed by atoms with Crippen LogP contribution in [-0.2, 0) is 4.79 Å². The Bertz CT molecular complexity index is 395. The first-order chi connectivity index (χ1) is 9.67. The van der Waals surface area contributed by atoms with Gasteiger partial charge in [0.2, 0.25) is 5.91 Å². The van der Waals surface area contributed by atoms with Gasteiger partial charge in [0.25, 0.3) is 0 Å². The highest BCUT2D eigenvalue weighted by Crippen LogP contribution is 2.17. The van der Waals surface area contributed by atoms with E-state index in [0.717, 1.165) is 24.3 Å². The van der Waals surface area contributed by atoms with E-state index in [1.54, 1.807) is 12.0 Å².